The van der Waals surface area contributed by atoms with E-state index in [0.29, 0.717) is 28.1 Å². The highest BCUT2D eigenvalue weighted by molar-refractivity contribution is 6.39. The monoisotopic (exact) mass is 634 g/mol. The Labute approximate surface area is 277 Å². The van der Waals surface area contributed by atoms with Crippen molar-refractivity contribution in [1.82, 2.24) is 9.97 Å². The molecule has 0 aromatic carbocycles. The molecule has 0 spiro atoms. The number of hydrogen-bond acceptors (Lipinski definition) is 7. The highest BCUT2D eigenvalue weighted by atomic mass is 19.1. The second-order valence-electron chi connectivity index (χ2n) is 13.1. The van der Waals surface area contributed by atoms with E-state index in [1.807, 2.05) is 72.7 Å². The average molecular weight is 635 g/mol. The first kappa shape index (κ1) is 40.2. The number of nitrogens with two attached hydrogens (primary N) is 1. The topological polar surface area (TPSA) is 139 Å². The number of aromatic nitrogens is 2. The molecule has 9 heteroatoms. The molecule has 1 atom stereocenters. The minimum atomic E-state index is -1.09. The average Bonchev–Trinajstić information content (AvgIpc) is 3.53. The van der Waals surface area contributed by atoms with Crippen LogP contribution in [-0.4, -0.2) is 46.4 Å². The maximum atomic E-state index is 14.5. The quantitative estimate of drug-likeness (QED) is 0.0943. The fourth-order valence-corrected chi connectivity index (χ4v) is 5.35. The van der Waals surface area contributed by atoms with Crippen molar-refractivity contribution in [3.05, 3.63) is 41.2 Å². The van der Waals surface area contributed by atoms with Crippen LogP contribution in [0.2, 0.25) is 0 Å². The van der Waals surface area contributed by atoms with Crippen molar-refractivity contribution >= 4 is 29.9 Å². The second-order valence-corrected chi connectivity index (χ2v) is 13.1. The maximum Gasteiger partial charge on any atom is 0.124 e. The van der Waals surface area contributed by atoms with Gasteiger partial charge in [-0.1, -0.05) is 75.7 Å². The van der Waals surface area contributed by atoms with Crippen LogP contribution < -0.4 is 11.2 Å². The Balaban J connectivity index is 0.00000140. The lowest BCUT2D eigenvalue weighted by molar-refractivity contribution is 0.0723. The van der Waals surface area contributed by atoms with E-state index >= 15 is 0 Å². The number of nitrogens with zero attached hydrogens (tertiary/aromatic N) is 4. The maximum absolute atomic E-state index is 14.5. The van der Waals surface area contributed by atoms with E-state index in [4.69, 9.17) is 16.5 Å². The molecule has 1 unspecified atom stereocenters. The Morgan fingerprint density at radius 2 is 1.74 bits per heavy atom. The van der Waals surface area contributed by atoms with Gasteiger partial charge in [-0.2, -0.15) is 10.4 Å². The van der Waals surface area contributed by atoms with Crippen LogP contribution in [0.4, 0.5) is 10.1 Å². The summed E-state index contributed by atoms with van der Waals surface area (Å²) >= 11 is 0. The molecule has 0 saturated heterocycles. The summed E-state index contributed by atoms with van der Waals surface area (Å²) in [5.41, 5.74) is 4.39. The zero-order chi connectivity index (χ0) is 35.0. The number of hydrogen-bond donors (Lipinski definition) is 4. The highest BCUT2D eigenvalue weighted by Gasteiger charge is 2.46. The van der Waals surface area contributed by atoms with Gasteiger partial charge in [0.15, 0.2) is 0 Å². The number of nitriles is 1. The SMILES string of the molecule is CC.CC.CC12CCC(Nc3cc(-c4ccc(/C=C(/C#N)C=N)[nH]4)ncc3/C(C=NCC(F)C(C)(C)C)=N/N)(CC1)CC2.CCC. The molecule has 254 valence electrons. The third kappa shape index (κ3) is 11.2. The first-order valence-corrected chi connectivity index (χ1v) is 16.9. The number of aliphatic imine (C=N–C) groups is 1. The fraction of sp³-hybridized carbons (Fsp3) is 0.595. The van der Waals surface area contributed by atoms with Gasteiger partial charge < -0.3 is 21.6 Å². The van der Waals surface area contributed by atoms with Crippen molar-refractivity contribution in [3.63, 3.8) is 0 Å². The molecule has 46 heavy (non-hydrogen) atoms. The summed E-state index contributed by atoms with van der Waals surface area (Å²) in [6, 6.07) is 7.72. The number of halogens is 1. The molecule has 2 aromatic rings. The van der Waals surface area contributed by atoms with Crippen molar-refractivity contribution in [2.75, 3.05) is 11.9 Å². The molecule has 0 aliphatic heterocycles. The predicted molar refractivity (Wildman–Crippen MR) is 196 cm³/mol. The lowest BCUT2D eigenvalue weighted by Crippen LogP contribution is -2.50. The molecule has 5 rings (SSSR count). The molecule has 3 aliphatic carbocycles. The molecule has 2 aromatic heterocycles. The van der Waals surface area contributed by atoms with Crippen molar-refractivity contribution in [2.45, 2.75) is 126 Å². The van der Waals surface area contributed by atoms with Crippen molar-refractivity contribution in [2.24, 2.45) is 26.8 Å². The van der Waals surface area contributed by atoms with Crippen LogP contribution in [0.5, 0.6) is 0 Å². The van der Waals surface area contributed by atoms with Gasteiger partial charge in [-0.25, -0.2) is 4.39 Å². The number of aromatic amines is 1. The standard InChI is InChI=1S/C30H39FN8.C3H8.2C2H6/c1-28(2,3)27(31)19-35-18-26(39-34)22-17-36-25(23-6-5-21(37-23)13-20(15-32)16-33)14-24(22)38-30-10-7-29(4,8-11-30)9-12-30;1-3-2;2*1-2/h5-6,13-15,17-18,27,32,37H,7-12,19,34H2,1-4H3,(H,36,38);3H2,1-2H3;2*1-2H3/b20-13+,32-15?,35-18?,39-26+;;;. The summed E-state index contributed by atoms with van der Waals surface area (Å²) in [6.07, 6.45) is 12.9. The first-order chi connectivity index (χ1) is 21.9. The molecular weight excluding hydrogens is 575 g/mol. The Bertz CT molecular complexity index is 1330. The Kier molecular flexibility index (Phi) is 16.6. The lowest BCUT2D eigenvalue weighted by Gasteiger charge is -2.53. The Morgan fingerprint density at radius 3 is 2.24 bits per heavy atom. The zero-order valence-corrected chi connectivity index (χ0v) is 30.0. The number of anilines is 1. The number of H-pyrrole nitrogens is 1. The number of hydrazone groups is 1. The highest BCUT2D eigenvalue weighted by Crippen LogP contribution is 2.53. The van der Waals surface area contributed by atoms with E-state index in [-0.39, 0.29) is 17.7 Å². The van der Waals surface area contributed by atoms with Crippen LogP contribution in [0, 0.1) is 27.6 Å². The first-order valence-electron chi connectivity index (χ1n) is 16.9. The minimum absolute atomic E-state index is 0.00640. The summed E-state index contributed by atoms with van der Waals surface area (Å²) in [5, 5.41) is 24.4. The number of alkyl halides is 1. The fourth-order valence-electron chi connectivity index (χ4n) is 5.35. The molecular formula is C37H59FN8. The summed E-state index contributed by atoms with van der Waals surface area (Å²) in [7, 11) is 0. The molecule has 2 bridgehead atoms. The molecule has 5 N–H and O–H groups in total. The summed E-state index contributed by atoms with van der Waals surface area (Å²) < 4.78 is 14.5. The Hall–Kier alpha value is -3.80. The van der Waals surface area contributed by atoms with Gasteiger partial charge >= 0.3 is 0 Å². The number of allylic oxidation sites excluding steroid dienone is 1. The zero-order valence-electron chi connectivity index (χ0n) is 30.0. The minimum Gasteiger partial charge on any atom is -0.379 e. The molecule has 0 radical (unpaired) electrons. The van der Waals surface area contributed by atoms with E-state index < -0.39 is 11.6 Å². The van der Waals surface area contributed by atoms with E-state index in [0.717, 1.165) is 36.9 Å². The molecule has 3 fully saturated rings. The molecule has 0 amide bonds. The largest absolute Gasteiger partial charge is 0.379 e. The van der Waals surface area contributed by atoms with E-state index in [1.165, 1.54) is 31.9 Å². The van der Waals surface area contributed by atoms with Crippen LogP contribution in [0.3, 0.4) is 0 Å². The number of pyridine rings is 1. The second kappa shape index (κ2) is 19.0. The molecule has 3 saturated carbocycles. The molecule has 8 nitrogen and oxygen atoms in total. The number of nitrogens with one attached hydrogen (secondary N) is 3. The van der Waals surface area contributed by atoms with Gasteiger partial charge in [0.05, 0.1) is 23.5 Å². The van der Waals surface area contributed by atoms with Crippen molar-refractivity contribution < 1.29 is 4.39 Å². The third-order valence-electron chi connectivity index (χ3n) is 8.34. The normalized spacial score (nSPS) is 21.4. The van der Waals surface area contributed by atoms with Crippen LogP contribution in [-0.2, 0) is 0 Å². The molecule has 3 aliphatic rings. The van der Waals surface area contributed by atoms with Crippen LogP contribution >= 0.6 is 0 Å². The number of rotatable bonds is 9. The molecule has 2 heterocycles. The van der Waals surface area contributed by atoms with Gasteiger partial charge in [0, 0.05) is 41.1 Å². The van der Waals surface area contributed by atoms with E-state index in [1.54, 1.807) is 12.3 Å². The van der Waals surface area contributed by atoms with Crippen molar-refractivity contribution in [3.8, 4) is 17.5 Å². The predicted octanol–water partition coefficient (Wildman–Crippen LogP) is 9.74. The smallest absolute Gasteiger partial charge is 0.124 e. The summed E-state index contributed by atoms with van der Waals surface area (Å²) in [4.78, 5) is 12.3. The van der Waals surface area contributed by atoms with Gasteiger partial charge in [-0.3, -0.25) is 9.98 Å². The van der Waals surface area contributed by atoms with Crippen molar-refractivity contribution in [1.29, 1.82) is 10.7 Å². The van der Waals surface area contributed by atoms with Crippen LogP contribution in [0.25, 0.3) is 17.5 Å². The van der Waals surface area contributed by atoms with Gasteiger partial charge in [0.25, 0.3) is 0 Å². The van der Waals surface area contributed by atoms with Gasteiger partial charge in [-0.05, 0) is 73.6 Å². The van der Waals surface area contributed by atoms with Crippen LogP contribution in [0.1, 0.15) is 125 Å². The lowest BCUT2D eigenvalue weighted by atomic mass is 9.58. The Morgan fingerprint density at radius 1 is 1.15 bits per heavy atom. The van der Waals surface area contributed by atoms with E-state index in [9.17, 15) is 4.39 Å². The summed E-state index contributed by atoms with van der Waals surface area (Å²) in [5.74, 6) is 5.82. The van der Waals surface area contributed by atoms with Gasteiger partial charge in [0.2, 0.25) is 0 Å². The van der Waals surface area contributed by atoms with E-state index in [2.05, 4.69) is 46.1 Å². The number of fused-ring (bicyclic) bond motifs is 3. The van der Waals surface area contributed by atoms with Gasteiger partial charge in [0.1, 0.15) is 18.0 Å². The summed E-state index contributed by atoms with van der Waals surface area (Å²) in [6.45, 7) is 20.2. The van der Waals surface area contributed by atoms with Crippen LogP contribution in [0.15, 0.2) is 40.1 Å². The third-order valence-corrected chi connectivity index (χ3v) is 8.34. The van der Waals surface area contributed by atoms with Gasteiger partial charge in [-0.15, -0.1) is 0 Å².